The van der Waals surface area contributed by atoms with Gasteiger partial charge < -0.3 is 20.5 Å². The number of pyridine rings is 1. The van der Waals surface area contributed by atoms with Crippen molar-refractivity contribution in [2.75, 3.05) is 10.6 Å². The highest BCUT2D eigenvalue weighted by molar-refractivity contribution is 5.93. The SMILES string of the molecule is CCc1cc2ccccc2c(Nc2ccc(C[C@H](Nc3c(OC(C)C)c(=O)c3=O)C(=O)O)cc2)n1. The summed E-state index contributed by atoms with van der Waals surface area (Å²) in [6, 6.07) is 16.4. The number of nitrogens with zero attached hydrogens (tertiary/aromatic N) is 1. The Balaban J connectivity index is 1.51. The van der Waals surface area contributed by atoms with Gasteiger partial charge in [-0.05, 0) is 49.4 Å². The van der Waals surface area contributed by atoms with Gasteiger partial charge >= 0.3 is 5.97 Å². The molecule has 8 nitrogen and oxygen atoms in total. The molecule has 35 heavy (non-hydrogen) atoms. The normalized spacial score (nSPS) is 12.1. The number of rotatable bonds is 10. The van der Waals surface area contributed by atoms with Gasteiger partial charge in [-0.2, -0.15) is 0 Å². The number of hydrogen-bond acceptors (Lipinski definition) is 7. The van der Waals surface area contributed by atoms with Gasteiger partial charge in [0, 0.05) is 23.2 Å². The first-order chi connectivity index (χ1) is 16.8. The summed E-state index contributed by atoms with van der Waals surface area (Å²) in [6.07, 6.45) is 0.616. The molecule has 0 aliphatic rings. The molecule has 0 saturated carbocycles. The van der Waals surface area contributed by atoms with Crippen LogP contribution in [0.5, 0.6) is 5.75 Å². The largest absolute Gasteiger partial charge is 0.485 e. The van der Waals surface area contributed by atoms with Crippen molar-refractivity contribution < 1.29 is 14.6 Å². The fourth-order valence-electron chi connectivity index (χ4n) is 3.85. The molecule has 0 amide bonds. The van der Waals surface area contributed by atoms with Crippen LogP contribution in [0.3, 0.4) is 0 Å². The summed E-state index contributed by atoms with van der Waals surface area (Å²) in [5.41, 5.74) is 0.963. The second kappa shape index (κ2) is 9.97. The minimum Gasteiger partial charge on any atom is -0.485 e. The van der Waals surface area contributed by atoms with Crippen molar-refractivity contribution in [1.29, 1.82) is 0 Å². The van der Waals surface area contributed by atoms with Crippen LogP contribution in [0.15, 0.2) is 64.2 Å². The van der Waals surface area contributed by atoms with Gasteiger partial charge in [-0.3, -0.25) is 9.59 Å². The molecule has 0 aliphatic heterocycles. The van der Waals surface area contributed by atoms with Crippen LogP contribution in [0.4, 0.5) is 17.2 Å². The van der Waals surface area contributed by atoms with Gasteiger partial charge in [-0.15, -0.1) is 0 Å². The molecule has 0 unspecified atom stereocenters. The highest BCUT2D eigenvalue weighted by Crippen LogP contribution is 2.26. The van der Waals surface area contributed by atoms with E-state index < -0.39 is 22.9 Å². The topological polar surface area (TPSA) is 118 Å². The fourth-order valence-corrected chi connectivity index (χ4v) is 3.85. The lowest BCUT2D eigenvalue weighted by atomic mass is 10.0. The number of carboxylic acid groups (broad SMARTS) is 1. The van der Waals surface area contributed by atoms with Gasteiger partial charge in [0.15, 0.2) is 5.75 Å². The molecule has 1 atom stereocenters. The van der Waals surface area contributed by atoms with Crippen LogP contribution in [0.1, 0.15) is 32.0 Å². The monoisotopic (exact) mass is 473 g/mol. The maximum absolute atomic E-state index is 12.0. The van der Waals surface area contributed by atoms with E-state index in [-0.39, 0.29) is 24.0 Å². The highest BCUT2D eigenvalue weighted by atomic mass is 16.5. The second-order valence-electron chi connectivity index (χ2n) is 8.63. The van der Waals surface area contributed by atoms with E-state index in [1.165, 1.54) is 0 Å². The van der Waals surface area contributed by atoms with Gasteiger partial charge in [-0.25, -0.2) is 9.78 Å². The zero-order chi connectivity index (χ0) is 25.1. The Hall–Kier alpha value is -4.20. The first-order valence-corrected chi connectivity index (χ1v) is 11.5. The lowest BCUT2D eigenvalue weighted by molar-refractivity contribution is -0.137. The molecule has 0 spiro atoms. The Labute approximate surface area is 202 Å². The molecule has 0 bridgehead atoms. The third-order valence-electron chi connectivity index (χ3n) is 5.65. The van der Waals surface area contributed by atoms with Crippen LogP contribution in [0.25, 0.3) is 10.8 Å². The Morgan fingerprint density at radius 2 is 1.77 bits per heavy atom. The molecule has 3 N–H and O–H groups in total. The van der Waals surface area contributed by atoms with Gasteiger partial charge in [0.1, 0.15) is 17.5 Å². The zero-order valence-corrected chi connectivity index (χ0v) is 19.8. The van der Waals surface area contributed by atoms with E-state index >= 15 is 0 Å². The van der Waals surface area contributed by atoms with E-state index in [2.05, 4.69) is 29.7 Å². The summed E-state index contributed by atoms with van der Waals surface area (Å²) in [5, 5.41) is 17.8. The number of carbonyl (C=O) groups is 1. The van der Waals surface area contributed by atoms with E-state index in [9.17, 15) is 19.5 Å². The summed E-state index contributed by atoms with van der Waals surface area (Å²) in [6.45, 7) is 5.51. The van der Waals surface area contributed by atoms with Crippen molar-refractivity contribution in [3.05, 3.63) is 86.3 Å². The average Bonchev–Trinajstić information content (AvgIpc) is 2.85. The van der Waals surface area contributed by atoms with E-state index in [4.69, 9.17) is 9.72 Å². The summed E-state index contributed by atoms with van der Waals surface area (Å²) in [4.78, 5) is 40.3. The number of benzene rings is 2. The van der Waals surface area contributed by atoms with E-state index in [1.807, 2.05) is 42.5 Å². The van der Waals surface area contributed by atoms with Crippen molar-refractivity contribution in [3.63, 3.8) is 0 Å². The Morgan fingerprint density at radius 1 is 1.06 bits per heavy atom. The van der Waals surface area contributed by atoms with Gasteiger partial charge in [0.05, 0.1) is 6.10 Å². The quantitative estimate of drug-likeness (QED) is 0.296. The van der Waals surface area contributed by atoms with Crippen molar-refractivity contribution >= 4 is 33.9 Å². The molecular formula is C27H27N3O5. The Bertz CT molecular complexity index is 1440. The number of hydrogen-bond donors (Lipinski definition) is 3. The number of nitrogens with one attached hydrogen (secondary N) is 2. The Morgan fingerprint density at radius 3 is 2.43 bits per heavy atom. The molecular weight excluding hydrogens is 446 g/mol. The number of ether oxygens (including phenoxy) is 1. The van der Waals surface area contributed by atoms with E-state index in [0.717, 1.165) is 40.0 Å². The van der Waals surface area contributed by atoms with E-state index in [1.54, 1.807) is 13.8 Å². The summed E-state index contributed by atoms with van der Waals surface area (Å²) < 4.78 is 5.37. The lowest BCUT2D eigenvalue weighted by Gasteiger charge is -2.20. The third-order valence-corrected chi connectivity index (χ3v) is 5.65. The van der Waals surface area contributed by atoms with Crippen molar-refractivity contribution in [3.8, 4) is 5.75 Å². The van der Waals surface area contributed by atoms with Crippen LogP contribution in [-0.2, 0) is 17.6 Å². The molecule has 4 aromatic rings. The van der Waals surface area contributed by atoms with Crippen LogP contribution in [0, 0.1) is 0 Å². The fraction of sp³-hybridized carbons (Fsp3) is 0.259. The Kier molecular flexibility index (Phi) is 6.82. The van der Waals surface area contributed by atoms with Crippen molar-refractivity contribution in [2.24, 2.45) is 0 Å². The first kappa shape index (κ1) is 23.9. The van der Waals surface area contributed by atoms with Crippen LogP contribution >= 0.6 is 0 Å². The number of fused-ring (bicyclic) bond motifs is 1. The maximum atomic E-state index is 12.0. The number of aromatic nitrogens is 1. The summed E-state index contributed by atoms with van der Waals surface area (Å²) in [5.74, 6) is -0.483. The molecule has 0 fully saturated rings. The summed E-state index contributed by atoms with van der Waals surface area (Å²) >= 11 is 0. The minimum atomic E-state index is -1.14. The van der Waals surface area contributed by atoms with Gasteiger partial charge in [0.2, 0.25) is 0 Å². The molecule has 0 saturated heterocycles. The minimum absolute atomic E-state index is 0.0804. The van der Waals surface area contributed by atoms with Crippen molar-refractivity contribution in [1.82, 2.24) is 4.98 Å². The maximum Gasteiger partial charge on any atom is 0.326 e. The molecule has 4 rings (SSSR count). The number of anilines is 3. The molecule has 3 aromatic carbocycles. The molecule has 180 valence electrons. The standard InChI is InChI=1S/C27H27N3O5/c1-4-18-14-17-7-5-6-8-20(17)26(28-18)29-19-11-9-16(10-12-19)13-21(27(33)34)30-22-23(31)24(32)25(22)35-15(2)3/h5-12,14-15,21,30H,4,13H2,1-3H3,(H,28,29)(H,33,34)/t21-/m0/s1. The van der Waals surface area contributed by atoms with Gasteiger partial charge in [-0.1, -0.05) is 43.3 Å². The molecule has 8 heteroatoms. The number of carboxylic acids is 1. The zero-order valence-electron chi connectivity index (χ0n) is 19.8. The number of aryl methyl sites for hydroxylation is 1. The summed E-state index contributed by atoms with van der Waals surface area (Å²) in [7, 11) is 0. The van der Waals surface area contributed by atoms with Crippen molar-refractivity contribution in [2.45, 2.75) is 45.8 Å². The molecule has 0 aliphatic carbocycles. The first-order valence-electron chi connectivity index (χ1n) is 11.5. The average molecular weight is 474 g/mol. The molecule has 1 heterocycles. The smallest absolute Gasteiger partial charge is 0.326 e. The molecule has 0 radical (unpaired) electrons. The number of aliphatic carboxylic acids is 1. The van der Waals surface area contributed by atoms with Crippen LogP contribution in [0.2, 0.25) is 0 Å². The van der Waals surface area contributed by atoms with E-state index in [0.29, 0.717) is 0 Å². The van der Waals surface area contributed by atoms with Gasteiger partial charge in [0.25, 0.3) is 10.9 Å². The third kappa shape index (κ3) is 5.16. The predicted molar refractivity (Wildman–Crippen MR) is 137 cm³/mol. The highest BCUT2D eigenvalue weighted by Gasteiger charge is 2.28. The lowest BCUT2D eigenvalue weighted by Crippen LogP contribution is -2.42. The molecule has 1 aromatic heterocycles. The predicted octanol–water partition coefficient (Wildman–Crippen LogP) is 4.03. The van der Waals surface area contributed by atoms with Crippen LogP contribution in [-0.4, -0.2) is 28.2 Å². The van der Waals surface area contributed by atoms with Crippen LogP contribution < -0.4 is 26.2 Å². The second-order valence-corrected chi connectivity index (χ2v) is 8.63.